The van der Waals surface area contributed by atoms with Crippen LogP contribution in [0, 0.1) is 59.7 Å². The molecule has 0 radical (unpaired) electrons. The molecule has 0 saturated heterocycles. The molecule has 6 aromatic carbocycles. The Labute approximate surface area is 595 Å². The van der Waals surface area contributed by atoms with Gasteiger partial charge in [-0.25, -0.2) is 38.7 Å². The van der Waals surface area contributed by atoms with Crippen LogP contribution in [-0.2, 0) is 40.3 Å². The zero-order chi connectivity index (χ0) is 54.0. The van der Waals surface area contributed by atoms with Gasteiger partial charge in [-0.05, 0) is 97.3 Å². The van der Waals surface area contributed by atoms with Crippen LogP contribution < -0.4 is 213 Å². The van der Waals surface area contributed by atoms with E-state index in [0.29, 0.717) is 33.5 Å². The summed E-state index contributed by atoms with van der Waals surface area (Å²) in [5, 5.41) is 26.0. The number of nitrogens with one attached hydrogen (secondary N) is 4. The summed E-state index contributed by atoms with van der Waals surface area (Å²) in [6.07, 6.45) is 0. The molecule has 1 aliphatic carbocycles. The fraction of sp³-hybridized carbons (Fsp3) is 0.118. The fourth-order valence-corrected chi connectivity index (χ4v) is 12.3. The van der Waals surface area contributed by atoms with Gasteiger partial charge in [-0.1, -0.05) is 40.9 Å². The molecule has 0 unspecified atom stereocenters. The van der Waals surface area contributed by atoms with Crippen LogP contribution in [0.1, 0.15) is 54.1 Å². The quantitative estimate of drug-likeness (QED) is 0.0340. The monoisotopic (exact) mass is 1210 g/mol. The van der Waals surface area contributed by atoms with E-state index in [4.69, 9.17) is 4.42 Å². The van der Waals surface area contributed by atoms with Gasteiger partial charge < -0.3 is 38.6 Å². The Morgan fingerprint density at radius 1 is 0.550 bits per heavy atom. The number of aryl methyl sites for hydroxylation is 4. The Morgan fingerprint density at radius 2 is 1.04 bits per heavy atom. The predicted molar refractivity (Wildman–Crippen MR) is 262 cm³/mol. The Hall–Kier alpha value is -1.93. The number of hydrogen-bond donors (Lipinski definition) is 4. The third-order valence-corrected chi connectivity index (χ3v) is 16.4. The SMILES string of the molecule is Cc1cc(C)c(NS(=O)(=O)c2c[c-]cc(C(=O)[O-])c2)c(C)c1Nc1[c-]cc2c(-c3ccccc3S(=O)(=O)[O-])c3cc(S(=O)(=O)[O-])c(=[NH+]c4c(C)cc(C)c(NS(=O)(=O)c5c[c-]cc(C(=O)[O-])c5)c4C)cc-3oc2c1.[Na+].[Na+].[Na+].[Na+].[Na+].[Na+]. The number of hydrogen-bond acceptors (Lipinski definition) is 16. The van der Waals surface area contributed by atoms with Crippen molar-refractivity contribution in [1.82, 2.24) is 0 Å². The summed E-state index contributed by atoms with van der Waals surface area (Å²) in [7, 11) is -19.5. The third kappa shape index (κ3) is 15.9. The molecule has 6 aromatic rings. The topological polar surface area (TPSA) is 326 Å². The zero-order valence-electron chi connectivity index (χ0n) is 45.5. The van der Waals surface area contributed by atoms with Gasteiger partial charge in [0, 0.05) is 39.9 Å². The van der Waals surface area contributed by atoms with Crippen LogP contribution in [0.3, 0.4) is 0 Å². The van der Waals surface area contributed by atoms with Gasteiger partial charge in [-0.2, -0.15) is 48.5 Å². The predicted octanol–water partition coefficient (Wildman–Crippen LogP) is -14.3. The maximum absolute atomic E-state index is 13.6. The van der Waals surface area contributed by atoms with E-state index in [0.717, 1.165) is 54.6 Å². The van der Waals surface area contributed by atoms with Crippen LogP contribution in [0.25, 0.3) is 33.4 Å². The van der Waals surface area contributed by atoms with E-state index in [-0.39, 0.29) is 249 Å². The van der Waals surface area contributed by atoms with Crippen molar-refractivity contribution < 1.29 is 249 Å². The van der Waals surface area contributed by atoms with Gasteiger partial charge in [-0.15, -0.1) is 29.3 Å². The summed E-state index contributed by atoms with van der Waals surface area (Å²) >= 11 is 0. The second-order valence-corrected chi connectivity index (χ2v) is 23.1. The maximum Gasteiger partial charge on any atom is 1.00 e. The van der Waals surface area contributed by atoms with Crippen LogP contribution >= 0.6 is 0 Å². The van der Waals surface area contributed by atoms with Crippen LogP contribution in [0.2, 0.25) is 0 Å². The minimum absolute atomic E-state index is 0. The number of benzene rings is 7. The molecule has 19 nitrogen and oxygen atoms in total. The molecule has 8 rings (SSSR count). The van der Waals surface area contributed by atoms with Crippen molar-refractivity contribution in [3.05, 3.63) is 165 Å². The first-order chi connectivity index (χ1) is 34.5. The molecule has 0 bridgehead atoms. The summed E-state index contributed by atoms with van der Waals surface area (Å²) in [5.41, 5.74) is 2.28. The minimum Gasteiger partial charge on any atom is -0.744 e. The average molecular weight is 1210 g/mol. The molecule has 1 heterocycles. The molecule has 382 valence electrons. The van der Waals surface area contributed by atoms with Gasteiger partial charge in [0.25, 0.3) is 0 Å². The summed E-state index contributed by atoms with van der Waals surface area (Å²) in [4.78, 5) is 23.6. The molecule has 29 heteroatoms. The van der Waals surface area contributed by atoms with Gasteiger partial charge in [0.2, 0.25) is 31.1 Å². The molecule has 0 amide bonds. The first-order valence-electron chi connectivity index (χ1n) is 21.6. The summed E-state index contributed by atoms with van der Waals surface area (Å²) < 4.78 is 144. The second-order valence-electron chi connectivity index (χ2n) is 17.1. The largest absolute Gasteiger partial charge is 1.00 e. The number of rotatable bonds is 14. The van der Waals surface area contributed by atoms with Gasteiger partial charge >= 0.3 is 177 Å². The molecule has 0 atom stereocenters. The van der Waals surface area contributed by atoms with Crippen LogP contribution in [0.4, 0.5) is 28.4 Å². The van der Waals surface area contributed by atoms with E-state index in [2.05, 4.69) is 38.0 Å². The molecule has 0 aromatic heterocycles. The van der Waals surface area contributed by atoms with E-state index in [1.54, 1.807) is 46.8 Å². The first-order valence-corrected chi connectivity index (χ1v) is 27.4. The van der Waals surface area contributed by atoms with E-state index in [9.17, 15) is 62.6 Å². The number of carboxylic acids is 2. The van der Waals surface area contributed by atoms with Crippen molar-refractivity contribution in [2.24, 2.45) is 0 Å². The van der Waals surface area contributed by atoms with Gasteiger partial charge in [0.1, 0.15) is 30.9 Å². The molecular formula is C51H38N4Na6O15S4. The smallest absolute Gasteiger partial charge is 0.744 e. The van der Waals surface area contributed by atoms with Crippen LogP contribution in [-0.4, -0.2) is 54.7 Å². The average Bonchev–Trinajstić information content (AvgIpc) is 3.32. The molecule has 80 heavy (non-hydrogen) atoms. The number of sulfonamides is 2. The zero-order valence-corrected chi connectivity index (χ0v) is 60.8. The van der Waals surface area contributed by atoms with Crippen molar-refractivity contribution >= 4 is 91.6 Å². The second kappa shape index (κ2) is 29.0. The molecule has 0 saturated carbocycles. The van der Waals surface area contributed by atoms with Crippen molar-refractivity contribution in [1.29, 1.82) is 0 Å². The van der Waals surface area contributed by atoms with Crippen molar-refractivity contribution in [3.63, 3.8) is 0 Å². The molecule has 1 aliphatic heterocycles. The van der Waals surface area contributed by atoms with E-state index < -0.39 is 78.0 Å². The standard InChI is InChI=1S/C51H41N4O15S4.6Na/c1-26-19-28(3)48(54-71(60,61)35-13-9-11-32(21-35)50(56)57)30(5)46(26)52-34-17-18-37-41(23-34)70-42-25-40(44(74(67,68)69)24-39(42)45(37)38-15-7-8-16-43(38)73(64,65)66)53-47-27(2)20-29(4)49(31(47)6)55-72(62,63)36-14-10-12-33(22-36)51(58)59;;;;;;/h7-8,11-16,18-25,52,54-55H,1-6H3,(H,56,57)(H,58,59)(H,64,65,66)(H,67,68,69);;;;;;/q-3;6*+1/p-3. The third-order valence-electron chi connectivity index (χ3n) is 12.0. The number of carbonyl (C=O) groups excluding carboxylic acids is 2. The van der Waals surface area contributed by atoms with Gasteiger partial charge in [-0.3, -0.25) is 9.44 Å². The van der Waals surface area contributed by atoms with Crippen molar-refractivity contribution in [3.8, 4) is 22.5 Å². The Morgan fingerprint density at radius 3 is 1.55 bits per heavy atom. The molecule has 0 spiro atoms. The van der Waals surface area contributed by atoms with Gasteiger partial charge in [0.05, 0.1) is 22.3 Å². The molecule has 4 N–H and O–H groups in total. The van der Waals surface area contributed by atoms with Crippen molar-refractivity contribution in [2.75, 3.05) is 14.8 Å². The van der Waals surface area contributed by atoms with Gasteiger partial charge in [0.15, 0.2) is 0 Å². The summed E-state index contributed by atoms with van der Waals surface area (Å²) in [6.45, 7) is 9.76. The molecule has 0 fully saturated rings. The summed E-state index contributed by atoms with van der Waals surface area (Å²) in [6, 6.07) is 27.4. The van der Waals surface area contributed by atoms with Crippen LogP contribution in [0.5, 0.6) is 0 Å². The molecule has 2 aliphatic rings. The minimum atomic E-state index is -5.44. The Kier molecular flexibility index (Phi) is 26.9. The van der Waals surface area contributed by atoms with Crippen LogP contribution in [0.15, 0.2) is 121 Å². The van der Waals surface area contributed by atoms with E-state index >= 15 is 0 Å². The fourth-order valence-electron chi connectivity index (χ4n) is 8.58. The van der Waals surface area contributed by atoms with E-state index in [1.807, 2.05) is 0 Å². The van der Waals surface area contributed by atoms with E-state index in [1.165, 1.54) is 37.3 Å². The van der Waals surface area contributed by atoms with Crippen molar-refractivity contribution in [2.45, 2.75) is 61.1 Å². The number of carbonyl (C=O) groups is 2. The number of carboxylic acid groups (broad SMARTS) is 2. The normalized spacial score (nSPS) is 11.6. The number of fused-ring (bicyclic) bond motifs is 2. The number of aromatic carboxylic acids is 2. The Balaban J connectivity index is 0.00000364. The molecular weight excluding hydrogens is 1170 g/mol. The first kappa shape index (κ1) is 74.2. The summed E-state index contributed by atoms with van der Waals surface area (Å²) in [5.74, 6) is -3.38. The Bertz CT molecular complexity index is 4260. The maximum atomic E-state index is 13.6. The number of anilines is 4.